The zero-order valence-electron chi connectivity index (χ0n) is 17.1. The van der Waals surface area contributed by atoms with Crippen molar-refractivity contribution in [2.24, 2.45) is 5.73 Å². The van der Waals surface area contributed by atoms with Gasteiger partial charge in [0.15, 0.2) is 0 Å². The van der Waals surface area contributed by atoms with Gasteiger partial charge in [-0.1, -0.05) is 48.5 Å². The van der Waals surface area contributed by atoms with E-state index in [0.29, 0.717) is 29.9 Å². The van der Waals surface area contributed by atoms with Crippen molar-refractivity contribution in [3.63, 3.8) is 0 Å². The summed E-state index contributed by atoms with van der Waals surface area (Å²) in [6.07, 6.45) is 1.81. The predicted octanol–water partition coefficient (Wildman–Crippen LogP) is 4.03. The smallest absolute Gasteiger partial charge is 0.257 e. The van der Waals surface area contributed by atoms with Crippen molar-refractivity contribution in [2.75, 3.05) is 7.05 Å². The minimum absolute atomic E-state index is 0.132. The molecule has 4 aromatic rings. The molecule has 2 amide bonds. The first-order chi connectivity index (χ1) is 15.0. The van der Waals surface area contributed by atoms with Crippen LogP contribution < -0.4 is 5.73 Å². The van der Waals surface area contributed by atoms with Crippen molar-refractivity contribution in [1.82, 2.24) is 14.7 Å². The number of thiophene rings is 1. The fraction of sp³-hybridized carbons (Fsp3) is 0.125. The van der Waals surface area contributed by atoms with E-state index in [2.05, 4.69) is 0 Å². The summed E-state index contributed by atoms with van der Waals surface area (Å²) in [5.74, 6) is -0.620. The summed E-state index contributed by atoms with van der Waals surface area (Å²) in [6, 6.07) is 20.9. The largest absolute Gasteiger partial charge is 0.366 e. The van der Waals surface area contributed by atoms with Gasteiger partial charge in [-0.3, -0.25) is 14.3 Å². The molecule has 2 aromatic carbocycles. The van der Waals surface area contributed by atoms with Crippen LogP contribution in [0.5, 0.6) is 0 Å². The predicted molar refractivity (Wildman–Crippen MR) is 122 cm³/mol. The van der Waals surface area contributed by atoms with Gasteiger partial charge in [-0.25, -0.2) is 0 Å². The molecular formula is C24H22N4O2S. The molecule has 0 bridgehead atoms. The Morgan fingerprint density at radius 1 is 1.03 bits per heavy atom. The van der Waals surface area contributed by atoms with Crippen LogP contribution in [0.4, 0.5) is 0 Å². The molecule has 0 atom stereocenters. The van der Waals surface area contributed by atoms with Gasteiger partial charge in [0.2, 0.25) is 5.91 Å². The Labute approximate surface area is 184 Å². The summed E-state index contributed by atoms with van der Waals surface area (Å²) in [5, 5.41) is 6.69. The molecule has 156 valence electrons. The highest BCUT2D eigenvalue weighted by Gasteiger charge is 2.22. The standard InChI is InChI=1S/C24H22N4O2S/c1-27(14-18-9-5-10-19(13-18)23(25)29)24(30)20-16-28(15-17-7-3-2-4-8-17)26-22(20)21-11-6-12-31-21/h2-13,16H,14-15H2,1H3,(H2,25,29). The molecule has 31 heavy (non-hydrogen) atoms. The van der Waals surface area contributed by atoms with Crippen LogP contribution in [0.15, 0.2) is 78.3 Å². The second-order valence-electron chi connectivity index (χ2n) is 7.28. The van der Waals surface area contributed by atoms with Gasteiger partial charge in [0.25, 0.3) is 5.91 Å². The minimum atomic E-state index is -0.488. The lowest BCUT2D eigenvalue weighted by atomic mass is 10.1. The van der Waals surface area contributed by atoms with E-state index in [9.17, 15) is 9.59 Å². The number of nitrogens with two attached hydrogens (primary N) is 1. The molecular weight excluding hydrogens is 408 g/mol. The Hall–Kier alpha value is -3.71. The lowest BCUT2D eigenvalue weighted by Crippen LogP contribution is -2.26. The summed E-state index contributed by atoms with van der Waals surface area (Å²) >= 11 is 1.55. The number of carbonyl (C=O) groups is 2. The van der Waals surface area contributed by atoms with Crippen LogP contribution in [-0.4, -0.2) is 33.5 Å². The second kappa shape index (κ2) is 8.97. The van der Waals surface area contributed by atoms with Gasteiger partial charge in [-0.2, -0.15) is 5.10 Å². The molecule has 0 aliphatic carbocycles. The highest BCUT2D eigenvalue weighted by atomic mass is 32.1. The molecule has 0 aliphatic rings. The van der Waals surface area contributed by atoms with Gasteiger partial charge in [-0.05, 0) is 34.7 Å². The highest BCUT2D eigenvalue weighted by molar-refractivity contribution is 7.13. The van der Waals surface area contributed by atoms with E-state index in [-0.39, 0.29) is 5.91 Å². The van der Waals surface area contributed by atoms with Crippen LogP contribution >= 0.6 is 11.3 Å². The summed E-state index contributed by atoms with van der Waals surface area (Å²) in [7, 11) is 1.74. The minimum Gasteiger partial charge on any atom is -0.366 e. The van der Waals surface area contributed by atoms with Gasteiger partial charge in [-0.15, -0.1) is 11.3 Å². The molecule has 0 saturated heterocycles. The third kappa shape index (κ3) is 4.73. The summed E-state index contributed by atoms with van der Waals surface area (Å²) < 4.78 is 1.80. The lowest BCUT2D eigenvalue weighted by Gasteiger charge is -2.17. The molecule has 0 radical (unpaired) electrons. The molecule has 6 nitrogen and oxygen atoms in total. The number of hydrogen-bond donors (Lipinski definition) is 1. The molecule has 0 unspecified atom stereocenters. The van der Waals surface area contributed by atoms with Crippen LogP contribution in [0.2, 0.25) is 0 Å². The van der Waals surface area contributed by atoms with Gasteiger partial charge in [0.1, 0.15) is 5.69 Å². The summed E-state index contributed by atoms with van der Waals surface area (Å²) in [6.45, 7) is 0.935. The normalized spacial score (nSPS) is 10.7. The SMILES string of the molecule is CN(Cc1cccc(C(N)=O)c1)C(=O)c1cn(Cc2ccccc2)nc1-c1cccs1. The number of rotatable bonds is 7. The van der Waals surface area contributed by atoms with Crippen molar-refractivity contribution in [1.29, 1.82) is 0 Å². The van der Waals surface area contributed by atoms with E-state index in [1.807, 2.05) is 53.9 Å². The number of primary amides is 1. The summed E-state index contributed by atoms with van der Waals surface area (Å²) in [4.78, 5) is 27.4. The van der Waals surface area contributed by atoms with Crippen LogP contribution in [0.3, 0.4) is 0 Å². The zero-order valence-corrected chi connectivity index (χ0v) is 17.9. The number of aromatic nitrogens is 2. The molecule has 2 N–H and O–H groups in total. The number of carbonyl (C=O) groups excluding carboxylic acids is 2. The van der Waals surface area contributed by atoms with E-state index in [1.165, 1.54) is 0 Å². The Morgan fingerprint density at radius 3 is 2.52 bits per heavy atom. The number of hydrogen-bond acceptors (Lipinski definition) is 4. The fourth-order valence-corrected chi connectivity index (χ4v) is 4.12. The monoisotopic (exact) mass is 430 g/mol. The number of benzene rings is 2. The van der Waals surface area contributed by atoms with Crippen molar-refractivity contribution < 1.29 is 9.59 Å². The van der Waals surface area contributed by atoms with E-state index in [1.54, 1.807) is 52.4 Å². The lowest BCUT2D eigenvalue weighted by molar-refractivity contribution is 0.0785. The average Bonchev–Trinajstić information content (AvgIpc) is 3.44. The number of nitrogens with zero attached hydrogens (tertiary/aromatic N) is 3. The van der Waals surface area contributed by atoms with Crippen molar-refractivity contribution in [3.05, 3.63) is 101 Å². The van der Waals surface area contributed by atoms with Crippen LogP contribution in [0.1, 0.15) is 31.8 Å². The maximum atomic E-state index is 13.3. The van der Waals surface area contributed by atoms with Gasteiger partial charge < -0.3 is 10.6 Å². The molecule has 2 aromatic heterocycles. The first kappa shape index (κ1) is 20.6. The van der Waals surface area contributed by atoms with Crippen molar-refractivity contribution >= 4 is 23.2 Å². The first-order valence-electron chi connectivity index (χ1n) is 9.81. The van der Waals surface area contributed by atoms with E-state index >= 15 is 0 Å². The molecule has 4 rings (SSSR count). The molecule has 0 spiro atoms. The Morgan fingerprint density at radius 2 is 1.81 bits per heavy atom. The van der Waals surface area contributed by atoms with Crippen molar-refractivity contribution in [3.8, 4) is 10.6 Å². The number of amides is 2. The second-order valence-corrected chi connectivity index (χ2v) is 8.23. The van der Waals surface area contributed by atoms with Crippen LogP contribution in [-0.2, 0) is 13.1 Å². The maximum Gasteiger partial charge on any atom is 0.257 e. The Kier molecular flexibility index (Phi) is 5.95. The molecule has 0 aliphatic heterocycles. The van der Waals surface area contributed by atoms with Crippen LogP contribution in [0.25, 0.3) is 10.6 Å². The van der Waals surface area contributed by atoms with Gasteiger partial charge >= 0.3 is 0 Å². The van der Waals surface area contributed by atoms with E-state index < -0.39 is 5.91 Å². The first-order valence-corrected chi connectivity index (χ1v) is 10.7. The summed E-state index contributed by atoms with van der Waals surface area (Å²) in [5.41, 5.74) is 8.97. The van der Waals surface area contributed by atoms with E-state index in [0.717, 1.165) is 16.0 Å². The Bertz CT molecular complexity index is 1200. The van der Waals surface area contributed by atoms with Crippen molar-refractivity contribution in [2.45, 2.75) is 13.1 Å². The third-order valence-electron chi connectivity index (χ3n) is 4.91. The third-order valence-corrected chi connectivity index (χ3v) is 5.79. The zero-order chi connectivity index (χ0) is 21.8. The van der Waals surface area contributed by atoms with Gasteiger partial charge in [0, 0.05) is 25.4 Å². The topological polar surface area (TPSA) is 81.2 Å². The molecule has 2 heterocycles. The van der Waals surface area contributed by atoms with Crippen LogP contribution in [0, 0.1) is 0 Å². The average molecular weight is 431 g/mol. The maximum absolute atomic E-state index is 13.3. The quantitative estimate of drug-likeness (QED) is 0.481. The Balaban J connectivity index is 1.61. The molecule has 0 saturated carbocycles. The van der Waals surface area contributed by atoms with E-state index in [4.69, 9.17) is 10.8 Å². The van der Waals surface area contributed by atoms with Gasteiger partial charge in [0.05, 0.1) is 17.0 Å². The molecule has 7 heteroatoms. The highest BCUT2D eigenvalue weighted by Crippen LogP contribution is 2.28. The molecule has 0 fully saturated rings. The fourth-order valence-electron chi connectivity index (χ4n) is 3.40.